The molecule has 0 N–H and O–H groups in total. The normalized spacial score (nSPS) is 23.7. The molecule has 2 aromatic rings. The van der Waals surface area contributed by atoms with E-state index in [4.69, 9.17) is 11.6 Å². The molecule has 2 unspecified atom stereocenters. The summed E-state index contributed by atoms with van der Waals surface area (Å²) in [6, 6.07) is 11.3. The van der Waals surface area contributed by atoms with Crippen LogP contribution < -0.4 is 5.56 Å². The van der Waals surface area contributed by atoms with Crippen molar-refractivity contribution in [3.05, 3.63) is 68.6 Å². The summed E-state index contributed by atoms with van der Waals surface area (Å²) in [6.45, 7) is 2.24. The summed E-state index contributed by atoms with van der Waals surface area (Å²) in [7, 11) is 0. The second-order valence-corrected chi connectivity index (χ2v) is 9.82. The Balaban J connectivity index is 1.43. The van der Waals surface area contributed by atoms with Gasteiger partial charge in [-0.15, -0.1) is 0 Å². The Morgan fingerprint density at radius 1 is 0.935 bits per heavy atom. The van der Waals surface area contributed by atoms with Gasteiger partial charge in [-0.3, -0.25) is 9.59 Å². The molecule has 1 amide bonds. The van der Waals surface area contributed by atoms with Crippen molar-refractivity contribution < 1.29 is 4.79 Å². The predicted octanol–water partition coefficient (Wildman–Crippen LogP) is 5.20. The van der Waals surface area contributed by atoms with Crippen LogP contribution in [0.15, 0.2) is 41.2 Å². The maximum absolute atomic E-state index is 13.2. The number of halogens is 1. The smallest absolute Gasteiger partial charge is 0.250 e. The number of likely N-dealkylation sites (tertiary alicyclic amines) is 1. The predicted molar refractivity (Wildman–Crippen MR) is 125 cm³/mol. The highest BCUT2D eigenvalue weighted by Crippen LogP contribution is 2.38. The molecule has 2 fully saturated rings. The van der Waals surface area contributed by atoms with Gasteiger partial charge < -0.3 is 9.47 Å². The van der Waals surface area contributed by atoms with E-state index in [0.717, 1.165) is 54.2 Å². The summed E-state index contributed by atoms with van der Waals surface area (Å²) < 4.78 is 1.96. The molecule has 1 saturated carbocycles. The number of aromatic nitrogens is 1. The molecule has 1 saturated heterocycles. The first-order valence-electron chi connectivity index (χ1n) is 11.5. The molecule has 162 valence electrons. The number of carbonyl (C=O) groups is 1. The van der Waals surface area contributed by atoms with Crippen LogP contribution in [-0.2, 0) is 11.3 Å². The van der Waals surface area contributed by atoms with Gasteiger partial charge in [0.25, 0.3) is 5.56 Å². The average Bonchev–Trinajstić information content (AvgIpc) is 2.80. The van der Waals surface area contributed by atoms with Gasteiger partial charge in [0.1, 0.15) is 0 Å². The van der Waals surface area contributed by atoms with Crippen molar-refractivity contribution in [3.8, 4) is 0 Å². The van der Waals surface area contributed by atoms with Gasteiger partial charge in [0.2, 0.25) is 5.91 Å². The third-order valence-electron chi connectivity index (χ3n) is 7.21. The second kappa shape index (κ2) is 8.66. The molecule has 1 aliphatic carbocycles. The Kier molecular flexibility index (Phi) is 5.75. The third-order valence-corrected chi connectivity index (χ3v) is 7.47. The van der Waals surface area contributed by atoms with E-state index >= 15 is 0 Å². The standard InChI is InChI=1S/C26H29ClN2O2/c27-23-11-7-18(8-12-23)6-9-20-10-13-24(30)29-16-19-14-22(25(20)29)17-28(15-19)26(31)21-4-2-1-3-5-21/h6-13,19,21-22H,1-5,14-17H2. The van der Waals surface area contributed by atoms with E-state index in [1.54, 1.807) is 6.07 Å². The van der Waals surface area contributed by atoms with E-state index in [1.807, 2.05) is 34.9 Å². The van der Waals surface area contributed by atoms with Gasteiger partial charge in [-0.1, -0.05) is 55.1 Å². The maximum atomic E-state index is 13.2. The Bertz CT molecular complexity index is 1050. The number of carbonyl (C=O) groups excluding carboxylic acids is 1. The van der Waals surface area contributed by atoms with Crippen molar-refractivity contribution in [1.82, 2.24) is 9.47 Å². The van der Waals surface area contributed by atoms with Gasteiger partial charge in [0.05, 0.1) is 0 Å². The SMILES string of the molecule is O=C(C1CCCCC1)N1CC2CC(C1)c1c(C=Cc3ccc(Cl)cc3)ccc(=O)n1C2. The van der Waals surface area contributed by atoms with Crippen molar-refractivity contribution >= 4 is 29.7 Å². The van der Waals surface area contributed by atoms with Crippen LogP contribution in [0.25, 0.3) is 12.2 Å². The molecule has 3 heterocycles. The van der Waals surface area contributed by atoms with E-state index in [9.17, 15) is 9.59 Å². The maximum Gasteiger partial charge on any atom is 0.250 e. The number of piperidine rings is 1. The summed E-state index contributed by atoms with van der Waals surface area (Å²) in [5.74, 6) is 1.14. The average molecular weight is 437 g/mol. The number of hydrogen-bond acceptors (Lipinski definition) is 2. The Labute approximate surface area is 188 Å². The van der Waals surface area contributed by atoms with Crippen molar-refractivity contribution in [1.29, 1.82) is 0 Å². The Hall–Kier alpha value is -2.33. The first-order chi connectivity index (χ1) is 15.1. The minimum absolute atomic E-state index is 0.0698. The van der Waals surface area contributed by atoms with Crippen molar-refractivity contribution in [2.24, 2.45) is 11.8 Å². The fraction of sp³-hybridized carbons (Fsp3) is 0.462. The zero-order valence-corrected chi connectivity index (χ0v) is 18.6. The third kappa shape index (κ3) is 4.23. The summed E-state index contributed by atoms with van der Waals surface area (Å²) in [6.07, 6.45) is 10.9. The number of amides is 1. The number of fused-ring (bicyclic) bond motifs is 4. The van der Waals surface area contributed by atoms with E-state index in [1.165, 1.54) is 19.3 Å². The number of pyridine rings is 1. The number of rotatable bonds is 3. The van der Waals surface area contributed by atoms with Gasteiger partial charge in [0.15, 0.2) is 0 Å². The molecule has 2 aliphatic heterocycles. The largest absolute Gasteiger partial charge is 0.341 e. The highest BCUT2D eigenvalue weighted by Gasteiger charge is 2.39. The second-order valence-electron chi connectivity index (χ2n) is 9.38. The summed E-state index contributed by atoms with van der Waals surface area (Å²) in [5, 5.41) is 0.719. The van der Waals surface area contributed by atoms with Crippen LogP contribution in [0, 0.1) is 11.8 Å². The quantitative estimate of drug-likeness (QED) is 0.663. The zero-order chi connectivity index (χ0) is 21.4. The fourth-order valence-electron chi connectivity index (χ4n) is 5.74. The first kappa shape index (κ1) is 20.6. The lowest BCUT2D eigenvalue weighted by Crippen LogP contribution is -2.51. The van der Waals surface area contributed by atoms with Crippen LogP contribution in [0.1, 0.15) is 61.3 Å². The number of benzene rings is 1. The molecule has 1 aromatic carbocycles. The highest BCUT2D eigenvalue weighted by atomic mass is 35.5. The minimum Gasteiger partial charge on any atom is -0.341 e. The van der Waals surface area contributed by atoms with E-state index in [0.29, 0.717) is 18.4 Å². The molecule has 5 heteroatoms. The molecule has 2 bridgehead atoms. The summed E-state index contributed by atoms with van der Waals surface area (Å²) in [4.78, 5) is 28.0. The molecule has 5 rings (SSSR count). The van der Waals surface area contributed by atoms with Gasteiger partial charge in [-0.05, 0) is 54.5 Å². The highest BCUT2D eigenvalue weighted by molar-refractivity contribution is 6.30. The first-order valence-corrected chi connectivity index (χ1v) is 11.9. The van der Waals surface area contributed by atoms with Crippen molar-refractivity contribution in [2.75, 3.05) is 13.1 Å². The molecule has 3 aliphatic rings. The molecule has 1 aromatic heterocycles. The van der Waals surface area contributed by atoms with Gasteiger partial charge in [-0.2, -0.15) is 0 Å². The zero-order valence-electron chi connectivity index (χ0n) is 17.8. The topological polar surface area (TPSA) is 42.3 Å². The van der Waals surface area contributed by atoms with Gasteiger partial charge >= 0.3 is 0 Å². The lowest BCUT2D eigenvalue weighted by Gasteiger charge is -2.44. The van der Waals surface area contributed by atoms with Crippen LogP contribution in [0.2, 0.25) is 5.02 Å². The fourth-order valence-corrected chi connectivity index (χ4v) is 5.86. The lowest BCUT2D eigenvalue weighted by molar-refractivity contribution is -0.139. The molecule has 2 atom stereocenters. The molecule has 31 heavy (non-hydrogen) atoms. The van der Waals surface area contributed by atoms with Crippen LogP contribution in [-0.4, -0.2) is 28.5 Å². The lowest BCUT2D eigenvalue weighted by atomic mass is 9.80. The van der Waals surface area contributed by atoms with E-state index in [2.05, 4.69) is 17.1 Å². The number of nitrogens with zero attached hydrogens (tertiary/aromatic N) is 2. The van der Waals surface area contributed by atoms with Crippen LogP contribution >= 0.6 is 11.6 Å². The molecular weight excluding hydrogens is 408 g/mol. The van der Waals surface area contributed by atoms with Gasteiger partial charge in [0, 0.05) is 48.3 Å². The number of hydrogen-bond donors (Lipinski definition) is 0. The van der Waals surface area contributed by atoms with Crippen molar-refractivity contribution in [2.45, 2.75) is 51.0 Å². The van der Waals surface area contributed by atoms with E-state index < -0.39 is 0 Å². The van der Waals surface area contributed by atoms with Gasteiger partial charge in [-0.25, -0.2) is 0 Å². The van der Waals surface area contributed by atoms with Crippen LogP contribution in [0.5, 0.6) is 0 Å². The summed E-state index contributed by atoms with van der Waals surface area (Å²) in [5.41, 5.74) is 3.31. The Morgan fingerprint density at radius 2 is 1.71 bits per heavy atom. The molecule has 4 nitrogen and oxygen atoms in total. The van der Waals surface area contributed by atoms with Crippen molar-refractivity contribution in [3.63, 3.8) is 0 Å². The van der Waals surface area contributed by atoms with Crippen LogP contribution in [0.4, 0.5) is 0 Å². The Morgan fingerprint density at radius 3 is 2.48 bits per heavy atom. The molecule has 0 radical (unpaired) electrons. The monoisotopic (exact) mass is 436 g/mol. The molecular formula is C26H29ClN2O2. The summed E-state index contributed by atoms with van der Waals surface area (Å²) >= 11 is 6.00. The molecule has 0 spiro atoms. The van der Waals surface area contributed by atoms with Crippen LogP contribution in [0.3, 0.4) is 0 Å². The van der Waals surface area contributed by atoms with E-state index in [-0.39, 0.29) is 17.4 Å². The minimum atomic E-state index is 0.0698.